The lowest BCUT2D eigenvalue weighted by atomic mass is 10.1. The number of anilines is 1. The van der Waals surface area contributed by atoms with Crippen LogP contribution in [-0.2, 0) is 4.43 Å². The molecule has 2 N–H and O–H groups in total. The minimum atomic E-state index is -1.87. The molecule has 0 saturated heterocycles. The molecule has 2 atom stereocenters. The Hall–Kier alpha value is -1.47. The van der Waals surface area contributed by atoms with Gasteiger partial charge in [0, 0.05) is 0 Å². The van der Waals surface area contributed by atoms with Gasteiger partial charge in [0.15, 0.2) is 19.8 Å². The van der Waals surface area contributed by atoms with Gasteiger partial charge in [-0.05, 0) is 31.5 Å². The third kappa shape index (κ3) is 4.43. The molecule has 0 aromatic carbocycles. The SMILES string of the molecule is CCCCC[C@H](O[Si](C)(C)C(C)(C)C)[C@@H](C)n1cnc2c(N)ncnc21. The first-order valence-corrected chi connectivity index (χ1v) is 12.6. The molecule has 146 valence electrons. The molecule has 0 aliphatic heterocycles. The van der Waals surface area contributed by atoms with Gasteiger partial charge >= 0.3 is 0 Å². The summed E-state index contributed by atoms with van der Waals surface area (Å²) in [5.74, 6) is 0.425. The van der Waals surface area contributed by atoms with Crippen LogP contribution < -0.4 is 5.73 Å². The maximum Gasteiger partial charge on any atom is 0.192 e. The molecule has 6 nitrogen and oxygen atoms in total. The summed E-state index contributed by atoms with van der Waals surface area (Å²) in [5.41, 5.74) is 7.40. The first-order chi connectivity index (χ1) is 12.1. The van der Waals surface area contributed by atoms with E-state index < -0.39 is 8.32 Å². The van der Waals surface area contributed by atoms with Gasteiger partial charge in [0.2, 0.25) is 0 Å². The van der Waals surface area contributed by atoms with Gasteiger partial charge < -0.3 is 14.7 Å². The summed E-state index contributed by atoms with van der Waals surface area (Å²) in [7, 11) is -1.87. The van der Waals surface area contributed by atoms with Crippen molar-refractivity contribution in [3.8, 4) is 0 Å². The normalized spacial score (nSPS) is 15.3. The lowest BCUT2D eigenvalue weighted by molar-refractivity contribution is 0.119. The smallest absolute Gasteiger partial charge is 0.192 e. The fourth-order valence-electron chi connectivity index (χ4n) is 2.90. The number of unbranched alkanes of at least 4 members (excludes halogenated alkanes) is 2. The lowest BCUT2D eigenvalue weighted by Crippen LogP contribution is -2.45. The topological polar surface area (TPSA) is 78.9 Å². The largest absolute Gasteiger partial charge is 0.412 e. The zero-order valence-corrected chi connectivity index (χ0v) is 18.4. The molecule has 2 aromatic rings. The van der Waals surface area contributed by atoms with E-state index in [1.165, 1.54) is 25.6 Å². The van der Waals surface area contributed by atoms with Crippen LogP contribution in [0.5, 0.6) is 0 Å². The second-order valence-electron chi connectivity index (χ2n) is 8.74. The van der Waals surface area contributed by atoms with E-state index in [9.17, 15) is 0 Å². The van der Waals surface area contributed by atoms with Crippen LogP contribution >= 0.6 is 0 Å². The highest BCUT2D eigenvalue weighted by Crippen LogP contribution is 2.39. The number of nitrogen functional groups attached to an aromatic ring is 1. The van der Waals surface area contributed by atoms with Crippen LogP contribution in [0.4, 0.5) is 5.82 Å². The molecule has 0 saturated carbocycles. The van der Waals surface area contributed by atoms with Crippen molar-refractivity contribution in [2.45, 2.75) is 90.6 Å². The molecule has 0 radical (unpaired) electrons. The summed E-state index contributed by atoms with van der Waals surface area (Å²) in [5, 5.41) is 0.180. The third-order valence-electron chi connectivity index (χ3n) is 5.71. The standard InChI is InChI=1S/C19H35N5OSi/c1-8-9-10-11-15(25-26(6,7)19(3,4)5)14(2)24-13-23-16-17(20)21-12-22-18(16)24/h12-15H,8-11H2,1-7H3,(H2,20,21,22)/t14-,15+/m1/s1. The molecule has 2 heterocycles. The second kappa shape index (κ2) is 8.04. The molecule has 2 rings (SSSR count). The zero-order valence-electron chi connectivity index (χ0n) is 17.4. The first-order valence-electron chi connectivity index (χ1n) is 9.69. The summed E-state index contributed by atoms with van der Waals surface area (Å²) in [6, 6.07) is 0.139. The summed E-state index contributed by atoms with van der Waals surface area (Å²) >= 11 is 0. The second-order valence-corrected chi connectivity index (χ2v) is 13.5. The van der Waals surface area contributed by atoms with Gasteiger partial charge in [0.1, 0.15) is 11.8 Å². The number of hydrogen-bond acceptors (Lipinski definition) is 5. The number of nitrogens with two attached hydrogens (primary N) is 1. The highest BCUT2D eigenvalue weighted by atomic mass is 28.4. The van der Waals surface area contributed by atoms with Crippen LogP contribution in [0.2, 0.25) is 18.1 Å². The Kier molecular flexibility index (Phi) is 6.45. The average Bonchev–Trinajstić information content (AvgIpc) is 2.97. The van der Waals surface area contributed by atoms with E-state index in [2.05, 4.69) is 67.2 Å². The Labute approximate surface area is 158 Å². The van der Waals surface area contributed by atoms with Crippen LogP contribution in [0.1, 0.15) is 66.3 Å². The molecule has 2 aromatic heterocycles. The lowest BCUT2D eigenvalue weighted by Gasteiger charge is -2.41. The van der Waals surface area contributed by atoms with Crippen LogP contribution in [-0.4, -0.2) is 33.9 Å². The molecule has 0 bridgehead atoms. The molecule has 0 fully saturated rings. The Bertz CT molecular complexity index is 722. The molecule has 26 heavy (non-hydrogen) atoms. The van der Waals surface area contributed by atoms with E-state index in [0.29, 0.717) is 11.3 Å². The van der Waals surface area contributed by atoms with Crippen molar-refractivity contribution >= 4 is 25.3 Å². The Balaban J connectivity index is 2.32. The third-order valence-corrected chi connectivity index (χ3v) is 10.2. The Morgan fingerprint density at radius 2 is 1.88 bits per heavy atom. The van der Waals surface area contributed by atoms with Crippen molar-refractivity contribution in [2.75, 3.05) is 5.73 Å². The number of imidazole rings is 1. The van der Waals surface area contributed by atoms with Crippen LogP contribution in [0, 0.1) is 0 Å². The summed E-state index contributed by atoms with van der Waals surface area (Å²) in [6.07, 6.45) is 8.11. The first kappa shape index (κ1) is 20.8. The number of nitrogens with zero attached hydrogens (tertiary/aromatic N) is 4. The number of rotatable bonds is 8. The average molecular weight is 378 g/mol. The molecular formula is C19H35N5OSi. The van der Waals surface area contributed by atoms with E-state index in [1.807, 2.05) is 6.33 Å². The minimum Gasteiger partial charge on any atom is -0.412 e. The number of aromatic nitrogens is 4. The molecule has 0 aliphatic carbocycles. The van der Waals surface area contributed by atoms with Gasteiger partial charge in [-0.15, -0.1) is 0 Å². The van der Waals surface area contributed by atoms with Crippen molar-refractivity contribution in [3.05, 3.63) is 12.7 Å². The van der Waals surface area contributed by atoms with Gasteiger partial charge in [-0.1, -0.05) is 47.0 Å². The van der Waals surface area contributed by atoms with E-state index >= 15 is 0 Å². The summed E-state index contributed by atoms with van der Waals surface area (Å²) in [6.45, 7) is 15.9. The molecule has 0 aliphatic rings. The quantitative estimate of drug-likeness (QED) is 0.520. The predicted octanol–water partition coefficient (Wildman–Crippen LogP) is 4.94. The number of fused-ring (bicyclic) bond motifs is 1. The Morgan fingerprint density at radius 3 is 2.50 bits per heavy atom. The molecular weight excluding hydrogens is 342 g/mol. The fourth-order valence-corrected chi connectivity index (χ4v) is 4.32. The maximum absolute atomic E-state index is 6.83. The van der Waals surface area contributed by atoms with Gasteiger partial charge in [-0.2, -0.15) is 0 Å². The fraction of sp³-hybridized carbons (Fsp3) is 0.737. The van der Waals surface area contributed by atoms with Crippen molar-refractivity contribution < 1.29 is 4.43 Å². The van der Waals surface area contributed by atoms with Crippen molar-refractivity contribution in [3.63, 3.8) is 0 Å². The zero-order chi connectivity index (χ0) is 19.5. The molecule has 0 spiro atoms. The summed E-state index contributed by atoms with van der Waals surface area (Å²) in [4.78, 5) is 12.9. The van der Waals surface area contributed by atoms with Gasteiger partial charge in [-0.3, -0.25) is 0 Å². The Morgan fingerprint density at radius 1 is 1.19 bits per heavy atom. The van der Waals surface area contributed by atoms with Crippen LogP contribution in [0.25, 0.3) is 11.2 Å². The highest BCUT2D eigenvalue weighted by molar-refractivity contribution is 6.74. The minimum absolute atomic E-state index is 0.135. The molecule has 0 amide bonds. The van der Waals surface area contributed by atoms with Crippen LogP contribution in [0.3, 0.4) is 0 Å². The molecule has 7 heteroatoms. The van der Waals surface area contributed by atoms with E-state index in [1.54, 1.807) is 0 Å². The van der Waals surface area contributed by atoms with E-state index in [4.69, 9.17) is 10.2 Å². The summed E-state index contributed by atoms with van der Waals surface area (Å²) < 4.78 is 8.92. The van der Waals surface area contributed by atoms with Gasteiger partial charge in [0.25, 0.3) is 0 Å². The maximum atomic E-state index is 6.83. The molecule has 0 unspecified atom stereocenters. The number of hydrogen-bond donors (Lipinski definition) is 1. The predicted molar refractivity (Wildman–Crippen MR) is 111 cm³/mol. The van der Waals surface area contributed by atoms with Crippen molar-refractivity contribution in [2.24, 2.45) is 0 Å². The monoisotopic (exact) mass is 377 g/mol. The van der Waals surface area contributed by atoms with Gasteiger partial charge in [0.05, 0.1) is 18.5 Å². The van der Waals surface area contributed by atoms with Crippen molar-refractivity contribution in [1.82, 2.24) is 19.5 Å². The van der Waals surface area contributed by atoms with E-state index in [0.717, 1.165) is 12.1 Å². The van der Waals surface area contributed by atoms with Crippen LogP contribution in [0.15, 0.2) is 12.7 Å². The van der Waals surface area contributed by atoms with Crippen molar-refractivity contribution in [1.29, 1.82) is 0 Å². The van der Waals surface area contributed by atoms with E-state index in [-0.39, 0.29) is 17.2 Å². The van der Waals surface area contributed by atoms with Gasteiger partial charge in [-0.25, -0.2) is 15.0 Å². The highest BCUT2D eigenvalue weighted by Gasteiger charge is 2.40.